The normalized spacial score (nSPS) is 22.3. The molecule has 2 fully saturated rings. The van der Waals surface area contributed by atoms with Crippen LogP contribution in [0.2, 0.25) is 0 Å². The molecule has 1 aromatic carbocycles. The van der Waals surface area contributed by atoms with Crippen LogP contribution in [-0.4, -0.2) is 59.8 Å². The fourth-order valence-corrected chi connectivity index (χ4v) is 5.32. The van der Waals surface area contributed by atoms with Crippen molar-refractivity contribution in [1.82, 2.24) is 9.78 Å². The second-order valence-electron chi connectivity index (χ2n) is 10.5. The van der Waals surface area contributed by atoms with E-state index in [4.69, 9.17) is 5.10 Å². The maximum Gasteiger partial charge on any atom is 0.316 e. The Bertz CT molecular complexity index is 1260. The van der Waals surface area contributed by atoms with E-state index in [-0.39, 0.29) is 11.7 Å². The zero-order valence-corrected chi connectivity index (χ0v) is 20.9. The van der Waals surface area contributed by atoms with E-state index in [1.807, 2.05) is 42.0 Å². The summed E-state index contributed by atoms with van der Waals surface area (Å²) in [4.78, 5) is 16.8. The fourth-order valence-electron chi connectivity index (χ4n) is 5.32. The van der Waals surface area contributed by atoms with Gasteiger partial charge in [0.15, 0.2) is 0 Å². The Morgan fingerprint density at radius 2 is 1.83 bits per heavy atom. The minimum Gasteiger partial charge on any atom is -0.390 e. The van der Waals surface area contributed by atoms with Crippen LogP contribution in [0.5, 0.6) is 0 Å². The number of aliphatic hydroxyl groups is 1. The average Bonchev–Trinajstić information content (AvgIpc) is 3.60. The van der Waals surface area contributed by atoms with Gasteiger partial charge in [0.05, 0.1) is 42.6 Å². The van der Waals surface area contributed by atoms with Gasteiger partial charge in [0, 0.05) is 31.7 Å². The van der Waals surface area contributed by atoms with Crippen LogP contribution in [0.4, 0.5) is 17.2 Å². The number of carbonyl (C=O) groups is 1. The van der Waals surface area contributed by atoms with Gasteiger partial charge < -0.3 is 20.5 Å². The molecule has 2 saturated carbocycles. The Morgan fingerprint density at radius 1 is 1.11 bits per heavy atom. The van der Waals surface area contributed by atoms with Gasteiger partial charge in [-0.25, -0.2) is 0 Å². The third-order valence-corrected chi connectivity index (χ3v) is 7.54. The molecule has 35 heavy (non-hydrogen) atoms. The first-order chi connectivity index (χ1) is 16.7. The summed E-state index contributed by atoms with van der Waals surface area (Å²) in [6.07, 6.45) is 7.85. The standard InChI is InChI=1S/C26H34N6O3/c1-29(2)23-15-20-17(16-31(28-20)19-10-12-26(34,13-11-19)18-8-9-18)14-21(23)27-25(33)22-6-5-7-24(30(3)4)32(22)35/h5-7,14-16,18-19,34H,8-13H2,1-4H3,(H-,27,33,35)/p+1. The van der Waals surface area contributed by atoms with E-state index < -0.39 is 11.5 Å². The molecule has 0 bridgehead atoms. The Morgan fingerprint density at radius 3 is 2.46 bits per heavy atom. The van der Waals surface area contributed by atoms with E-state index >= 15 is 0 Å². The van der Waals surface area contributed by atoms with Crippen LogP contribution >= 0.6 is 0 Å². The summed E-state index contributed by atoms with van der Waals surface area (Å²) in [7, 11) is 7.45. The lowest BCUT2D eigenvalue weighted by molar-refractivity contribution is -0.895. The van der Waals surface area contributed by atoms with Crippen LogP contribution in [-0.2, 0) is 0 Å². The molecule has 2 aromatic heterocycles. The maximum atomic E-state index is 13.1. The molecule has 0 aliphatic heterocycles. The van der Waals surface area contributed by atoms with E-state index in [1.54, 1.807) is 37.2 Å². The molecule has 9 heteroatoms. The molecular weight excluding hydrogens is 444 g/mol. The van der Waals surface area contributed by atoms with E-state index in [1.165, 1.54) is 0 Å². The smallest absolute Gasteiger partial charge is 0.316 e. The highest BCUT2D eigenvalue weighted by molar-refractivity contribution is 6.05. The van der Waals surface area contributed by atoms with Crippen molar-refractivity contribution in [2.24, 2.45) is 5.92 Å². The van der Waals surface area contributed by atoms with Gasteiger partial charge in [0.1, 0.15) is 0 Å². The highest BCUT2D eigenvalue weighted by Crippen LogP contribution is 2.49. The molecule has 9 nitrogen and oxygen atoms in total. The summed E-state index contributed by atoms with van der Waals surface area (Å²) in [5.74, 6) is 0.589. The van der Waals surface area contributed by atoms with Crippen molar-refractivity contribution in [3.63, 3.8) is 0 Å². The molecule has 0 spiro atoms. The molecule has 5 rings (SSSR count). The largest absolute Gasteiger partial charge is 0.390 e. The number of amides is 1. The predicted octanol–water partition coefficient (Wildman–Crippen LogP) is 3.20. The SMILES string of the molecule is CN(C)c1cc2nn(C3CCC(O)(C4CC4)CC3)cc2cc1NC(=O)c1cccc(N(C)C)[n+]1O. The average molecular weight is 480 g/mol. The zero-order valence-electron chi connectivity index (χ0n) is 20.9. The summed E-state index contributed by atoms with van der Waals surface area (Å²) >= 11 is 0. The lowest BCUT2D eigenvalue weighted by Gasteiger charge is -2.36. The summed E-state index contributed by atoms with van der Waals surface area (Å²) in [6.45, 7) is 0. The molecule has 0 atom stereocenters. The molecule has 3 N–H and O–H groups in total. The van der Waals surface area contributed by atoms with Gasteiger partial charge in [-0.2, -0.15) is 5.10 Å². The molecule has 0 unspecified atom stereocenters. The highest BCUT2D eigenvalue weighted by Gasteiger charge is 2.45. The number of aromatic nitrogens is 3. The molecule has 0 saturated heterocycles. The van der Waals surface area contributed by atoms with Crippen LogP contribution in [0.15, 0.2) is 36.5 Å². The van der Waals surface area contributed by atoms with Crippen molar-refractivity contribution < 1.29 is 19.8 Å². The zero-order chi connectivity index (χ0) is 24.9. The monoisotopic (exact) mass is 479 g/mol. The van der Waals surface area contributed by atoms with E-state index in [0.717, 1.165) is 59.8 Å². The summed E-state index contributed by atoms with van der Waals surface area (Å²) in [5, 5.41) is 30.2. The number of pyridine rings is 1. The quantitative estimate of drug-likeness (QED) is 0.371. The lowest BCUT2D eigenvalue weighted by atomic mass is 9.79. The predicted molar refractivity (Wildman–Crippen MR) is 135 cm³/mol. The lowest BCUT2D eigenvalue weighted by Crippen LogP contribution is -2.44. The van der Waals surface area contributed by atoms with Gasteiger partial charge >= 0.3 is 5.82 Å². The Labute approximate surface area is 205 Å². The van der Waals surface area contributed by atoms with Gasteiger partial charge in [-0.15, -0.1) is 0 Å². The van der Waals surface area contributed by atoms with Gasteiger partial charge in [-0.1, -0.05) is 0 Å². The molecule has 1 amide bonds. The number of rotatable bonds is 6. The van der Waals surface area contributed by atoms with Crippen LogP contribution in [0.1, 0.15) is 55.1 Å². The number of anilines is 3. The minimum absolute atomic E-state index is 0.141. The summed E-state index contributed by atoms with van der Waals surface area (Å²) in [5.41, 5.74) is 2.00. The first-order valence-electron chi connectivity index (χ1n) is 12.3. The van der Waals surface area contributed by atoms with Crippen LogP contribution in [0.25, 0.3) is 10.9 Å². The van der Waals surface area contributed by atoms with Crippen molar-refractivity contribution in [1.29, 1.82) is 0 Å². The summed E-state index contributed by atoms with van der Waals surface area (Å²) in [6, 6.07) is 9.25. The highest BCUT2D eigenvalue weighted by atomic mass is 16.5. The van der Waals surface area contributed by atoms with Crippen LogP contribution in [0, 0.1) is 5.92 Å². The van der Waals surface area contributed by atoms with Crippen molar-refractivity contribution >= 4 is 34.0 Å². The molecule has 0 radical (unpaired) electrons. The number of hydrogen-bond acceptors (Lipinski definition) is 6. The second-order valence-corrected chi connectivity index (χ2v) is 10.5. The minimum atomic E-state index is -0.480. The maximum absolute atomic E-state index is 13.1. The van der Waals surface area contributed by atoms with Crippen molar-refractivity contribution in [2.45, 2.75) is 50.2 Å². The Hall–Kier alpha value is -3.33. The van der Waals surface area contributed by atoms with E-state index in [2.05, 4.69) is 5.32 Å². The first kappa shape index (κ1) is 23.4. The van der Waals surface area contributed by atoms with Gasteiger partial charge in [0.25, 0.3) is 5.91 Å². The molecule has 2 aliphatic rings. The number of fused-ring (bicyclic) bond motifs is 1. The van der Waals surface area contributed by atoms with Crippen molar-refractivity contribution in [2.75, 3.05) is 43.3 Å². The molecule has 186 valence electrons. The number of carbonyl (C=O) groups excluding carboxylic acids is 1. The van der Waals surface area contributed by atoms with Crippen molar-refractivity contribution in [3.8, 4) is 0 Å². The number of benzene rings is 1. The Balaban J connectivity index is 1.41. The fraction of sp³-hybridized carbons (Fsp3) is 0.500. The molecule has 3 aromatic rings. The molecular formula is C26H35N6O3+. The van der Waals surface area contributed by atoms with Crippen LogP contribution < -0.4 is 19.8 Å². The summed E-state index contributed by atoms with van der Waals surface area (Å²) < 4.78 is 2.93. The van der Waals surface area contributed by atoms with Crippen LogP contribution in [0.3, 0.4) is 0 Å². The topological polar surface area (TPSA) is 97.7 Å². The molecule has 2 aliphatic carbocycles. The first-order valence-corrected chi connectivity index (χ1v) is 12.3. The third-order valence-electron chi connectivity index (χ3n) is 7.54. The van der Waals surface area contributed by atoms with Crippen molar-refractivity contribution in [3.05, 3.63) is 42.2 Å². The molecule has 2 heterocycles. The third kappa shape index (κ3) is 4.40. The number of nitrogens with zero attached hydrogens (tertiary/aromatic N) is 5. The van der Waals surface area contributed by atoms with E-state index in [0.29, 0.717) is 17.4 Å². The van der Waals surface area contributed by atoms with Gasteiger partial charge in [0.2, 0.25) is 5.69 Å². The number of nitrogens with one attached hydrogen (secondary N) is 1. The van der Waals surface area contributed by atoms with Gasteiger partial charge in [-0.3, -0.25) is 14.4 Å². The van der Waals surface area contributed by atoms with Gasteiger partial charge in [-0.05, 0) is 73.4 Å². The second kappa shape index (κ2) is 8.71. The van der Waals surface area contributed by atoms with E-state index in [9.17, 15) is 15.1 Å². The Kier molecular flexibility index (Phi) is 5.83. The number of hydrogen-bond donors (Lipinski definition) is 3.